The van der Waals surface area contributed by atoms with Gasteiger partial charge in [0.1, 0.15) is 5.60 Å². The zero-order chi connectivity index (χ0) is 23.2. The molecule has 2 amide bonds. The van der Waals surface area contributed by atoms with Gasteiger partial charge in [-0.25, -0.2) is 14.6 Å². The van der Waals surface area contributed by atoms with Crippen LogP contribution in [-0.2, 0) is 4.74 Å². The third-order valence-electron chi connectivity index (χ3n) is 5.70. The second-order valence-corrected chi connectivity index (χ2v) is 11.0. The van der Waals surface area contributed by atoms with Gasteiger partial charge in [0.15, 0.2) is 0 Å². The van der Waals surface area contributed by atoms with E-state index < -0.39 is 17.8 Å². The minimum atomic E-state index is -0.898. The number of halogens is 2. The minimum Gasteiger partial charge on any atom is -0.465 e. The van der Waals surface area contributed by atoms with Crippen LogP contribution in [-0.4, -0.2) is 69.6 Å². The molecule has 3 heterocycles. The standard InChI is InChI=1S/C21H27Br2N5O4/c1-21(2,3)32-19(29)24-12-4-6-26(10-12)18-25-16-8-14(22)15(23)9-17(16)28(18)13-5-7-27(11-13)20(30)31/h8-9,12-13H,4-7,10-11H2,1-3H3,(H,24,29)(H,30,31)/t12-,13+/m1/s1. The Bertz CT molecular complexity index is 1050. The quantitative estimate of drug-likeness (QED) is 0.558. The van der Waals surface area contributed by atoms with E-state index in [9.17, 15) is 14.7 Å². The van der Waals surface area contributed by atoms with E-state index in [2.05, 4.69) is 46.6 Å². The Hall–Kier alpha value is -2.01. The average Bonchev–Trinajstić information content (AvgIpc) is 3.38. The Morgan fingerprint density at radius 3 is 2.53 bits per heavy atom. The van der Waals surface area contributed by atoms with Gasteiger partial charge in [0.25, 0.3) is 0 Å². The van der Waals surface area contributed by atoms with Gasteiger partial charge < -0.3 is 29.5 Å². The van der Waals surface area contributed by atoms with Crippen molar-refractivity contribution in [1.29, 1.82) is 0 Å². The van der Waals surface area contributed by atoms with Crippen LogP contribution in [0.2, 0.25) is 0 Å². The number of aromatic nitrogens is 2. The number of anilines is 1. The molecule has 174 valence electrons. The lowest BCUT2D eigenvalue weighted by Crippen LogP contribution is -2.40. The molecule has 2 saturated heterocycles. The van der Waals surface area contributed by atoms with Gasteiger partial charge in [-0.05, 0) is 77.6 Å². The maximum atomic E-state index is 12.2. The molecule has 0 radical (unpaired) electrons. The number of carbonyl (C=O) groups is 2. The number of rotatable bonds is 3. The van der Waals surface area contributed by atoms with Crippen LogP contribution >= 0.6 is 31.9 Å². The molecule has 11 heteroatoms. The van der Waals surface area contributed by atoms with Crippen molar-refractivity contribution in [3.63, 3.8) is 0 Å². The first-order valence-corrected chi connectivity index (χ1v) is 12.2. The summed E-state index contributed by atoms with van der Waals surface area (Å²) < 4.78 is 9.37. The number of amides is 2. The maximum Gasteiger partial charge on any atom is 0.407 e. The van der Waals surface area contributed by atoms with Crippen LogP contribution in [0.1, 0.15) is 39.7 Å². The summed E-state index contributed by atoms with van der Waals surface area (Å²) in [7, 11) is 0. The molecule has 0 unspecified atom stereocenters. The monoisotopic (exact) mass is 571 g/mol. The van der Waals surface area contributed by atoms with E-state index in [-0.39, 0.29) is 12.1 Å². The third kappa shape index (κ3) is 4.83. The fourth-order valence-electron chi connectivity index (χ4n) is 4.32. The van der Waals surface area contributed by atoms with Crippen molar-refractivity contribution in [1.82, 2.24) is 19.8 Å². The summed E-state index contributed by atoms with van der Waals surface area (Å²) in [5, 5.41) is 12.4. The number of hydrogen-bond acceptors (Lipinski definition) is 5. The Labute approximate surface area is 203 Å². The molecule has 0 aliphatic carbocycles. The van der Waals surface area contributed by atoms with Gasteiger partial charge in [-0.2, -0.15) is 0 Å². The zero-order valence-corrected chi connectivity index (χ0v) is 21.4. The number of nitrogens with one attached hydrogen (secondary N) is 1. The van der Waals surface area contributed by atoms with Crippen LogP contribution in [0.15, 0.2) is 21.1 Å². The number of hydrogen-bond donors (Lipinski definition) is 2. The van der Waals surface area contributed by atoms with Gasteiger partial charge in [-0.1, -0.05) is 0 Å². The van der Waals surface area contributed by atoms with Gasteiger partial charge in [-0.15, -0.1) is 0 Å². The number of carbonyl (C=O) groups excluding carboxylic acids is 1. The summed E-state index contributed by atoms with van der Waals surface area (Å²) in [4.78, 5) is 32.2. The summed E-state index contributed by atoms with van der Waals surface area (Å²) in [6.07, 6.45) is 0.192. The molecular formula is C21H27Br2N5O4. The van der Waals surface area contributed by atoms with E-state index in [1.807, 2.05) is 32.9 Å². The van der Waals surface area contributed by atoms with Crippen LogP contribution in [0.5, 0.6) is 0 Å². The first kappa shape index (κ1) is 23.2. The number of ether oxygens (including phenoxy) is 1. The topological polar surface area (TPSA) is 99.9 Å². The van der Waals surface area contributed by atoms with Crippen molar-refractivity contribution < 1.29 is 19.4 Å². The molecular weight excluding hydrogens is 546 g/mol. The van der Waals surface area contributed by atoms with Gasteiger partial charge >= 0.3 is 12.2 Å². The smallest absolute Gasteiger partial charge is 0.407 e. The zero-order valence-electron chi connectivity index (χ0n) is 18.3. The van der Waals surface area contributed by atoms with Crippen LogP contribution in [0, 0.1) is 0 Å². The first-order valence-electron chi connectivity index (χ1n) is 10.6. The van der Waals surface area contributed by atoms with Crippen LogP contribution in [0.4, 0.5) is 15.5 Å². The van der Waals surface area contributed by atoms with Gasteiger partial charge in [0.05, 0.1) is 23.1 Å². The molecule has 32 heavy (non-hydrogen) atoms. The summed E-state index contributed by atoms with van der Waals surface area (Å²) in [5.41, 5.74) is 1.25. The predicted octanol–water partition coefficient (Wildman–Crippen LogP) is 4.59. The minimum absolute atomic E-state index is 0.00274. The molecule has 0 bridgehead atoms. The number of imidazole rings is 1. The molecule has 4 rings (SSSR count). The van der Waals surface area contributed by atoms with E-state index in [0.717, 1.165) is 45.3 Å². The summed E-state index contributed by atoms with van der Waals surface area (Å²) in [6.45, 7) is 7.80. The lowest BCUT2D eigenvalue weighted by molar-refractivity contribution is 0.0509. The molecule has 2 atom stereocenters. The second-order valence-electron chi connectivity index (χ2n) is 9.29. The van der Waals surface area contributed by atoms with Crippen molar-refractivity contribution in [3.8, 4) is 0 Å². The largest absolute Gasteiger partial charge is 0.465 e. The number of likely N-dealkylation sites (tertiary alicyclic amines) is 1. The second kappa shape index (κ2) is 8.74. The highest BCUT2D eigenvalue weighted by molar-refractivity contribution is 9.13. The Morgan fingerprint density at radius 1 is 1.16 bits per heavy atom. The van der Waals surface area contributed by atoms with Crippen LogP contribution < -0.4 is 10.2 Å². The van der Waals surface area contributed by atoms with E-state index in [0.29, 0.717) is 19.6 Å². The average molecular weight is 573 g/mol. The fourth-order valence-corrected chi connectivity index (χ4v) is 4.98. The van der Waals surface area contributed by atoms with Crippen molar-refractivity contribution in [2.24, 2.45) is 0 Å². The third-order valence-corrected chi connectivity index (χ3v) is 7.55. The highest BCUT2D eigenvalue weighted by Crippen LogP contribution is 2.37. The number of benzene rings is 1. The van der Waals surface area contributed by atoms with Gasteiger partial charge in [-0.3, -0.25) is 0 Å². The molecule has 2 aliphatic rings. The Kier molecular flexibility index (Phi) is 6.32. The number of alkyl carbamates (subject to hydrolysis) is 1. The maximum absolute atomic E-state index is 12.2. The molecule has 2 aromatic rings. The lowest BCUT2D eigenvalue weighted by atomic mass is 10.2. The van der Waals surface area contributed by atoms with E-state index in [1.54, 1.807) is 0 Å². The van der Waals surface area contributed by atoms with E-state index >= 15 is 0 Å². The normalized spacial score (nSPS) is 21.4. The number of carboxylic acid groups (broad SMARTS) is 1. The van der Waals surface area contributed by atoms with Crippen molar-refractivity contribution in [2.45, 2.75) is 51.3 Å². The summed E-state index contributed by atoms with van der Waals surface area (Å²) >= 11 is 7.13. The van der Waals surface area contributed by atoms with E-state index in [1.165, 1.54) is 4.90 Å². The van der Waals surface area contributed by atoms with Crippen molar-refractivity contribution >= 4 is 61.0 Å². The molecule has 2 fully saturated rings. The summed E-state index contributed by atoms with van der Waals surface area (Å²) in [6, 6.07) is 3.94. The van der Waals surface area contributed by atoms with Crippen molar-refractivity contribution in [2.75, 3.05) is 31.1 Å². The van der Waals surface area contributed by atoms with Gasteiger partial charge in [0, 0.05) is 35.1 Å². The fraction of sp³-hybridized carbons (Fsp3) is 0.571. The molecule has 0 saturated carbocycles. The Balaban J connectivity index is 1.61. The molecule has 9 nitrogen and oxygen atoms in total. The highest BCUT2D eigenvalue weighted by atomic mass is 79.9. The van der Waals surface area contributed by atoms with Crippen LogP contribution in [0.25, 0.3) is 11.0 Å². The molecule has 0 spiro atoms. The van der Waals surface area contributed by atoms with E-state index in [4.69, 9.17) is 9.72 Å². The lowest BCUT2D eigenvalue weighted by Gasteiger charge is -2.24. The molecule has 1 aromatic heterocycles. The summed E-state index contributed by atoms with van der Waals surface area (Å²) in [5.74, 6) is 0.802. The number of nitrogens with zero attached hydrogens (tertiary/aromatic N) is 4. The molecule has 1 aromatic carbocycles. The first-order chi connectivity index (χ1) is 15.0. The Morgan fingerprint density at radius 2 is 1.88 bits per heavy atom. The van der Waals surface area contributed by atoms with Gasteiger partial charge in [0.2, 0.25) is 5.95 Å². The number of fused-ring (bicyclic) bond motifs is 1. The molecule has 2 N–H and O–H groups in total. The SMILES string of the molecule is CC(C)(C)OC(=O)N[C@@H]1CCN(c2nc3cc(Br)c(Br)cc3n2[C@H]2CCN(C(=O)O)C2)C1. The van der Waals surface area contributed by atoms with Crippen molar-refractivity contribution in [3.05, 3.63) is 21.1 Å². The highest BCUT2D eigenvalue weighted by Gasteiger charge is 2.34. The predicted molar refractivity (Wildman–Crippen MR) is 128 cm³/mol. The molecule has 2 aliphatic heterocycles. The van der Waals surface area contributed by atoms with Crippen LogP contribution in [0.3, 0.4) is 0 Å².